The molecule has 1 fully saturated rings. The highest BCUT2D eigenvalue weighted by molar-refractivity contribution is 5.83. The van der Waals surface area contributed by atoms with Crippen molar-refractivity contribution in [3.63, 3.8) is 0 Å². The molecule has 1 N–H and O–H groups in total. The lowest BCUT2D eigenvalue weighted by Gasteiger charge is -2.38. The topological polar surface area (TPSA) is 53.4 Å². The number of nitrogens with one attached hydrogen (secondary N) is 1. The number of carbonyl (C=O) groups excluding carboxylic acids is 1. The molecule has 1 aliphatic rings. The van der Waals surface area contributed by atoms with E-state index >= 15 is 0 Å². The van der Waals surface area contributed by atoms with Crippen molar-refractivity contribution < 1.29 is 4.79 Å². The molecule has 0 spiro atoms. The van der Waals surface area contributed by atoms with Gasteiger partial charge in [0, 0.05) is 50.7 Å². The number of benzene rings is 1. The Morgan fingerprint density at radius 2 is 1.92 bits per heavy atom. The number of piperazine rings is 1. The molecule has 1 saturated heterocycles. The minimum absolute atomic E-state index is 0.121. The Kier molecular flexibility index (Phi) is 5.08. The fraction of sp³-hybridized carbons (Fsp3) is 0.474. The van der Waals surface area contributed by atoms with Crippen LogP contribution in [0.5, 0.6) is 0 Å². The van der Waals surface area contributed by atoms with E-state index in [-0.39, 0.29) is 11.9 Å². The van der Waals surface area contributed by atoms with E-state index in [1.807, 2.05) is 25.2 Å². The quantitative estimate of drug-likeness (QED) is 0.919. The van der Waals surface area contributed by atoms with Crippen molar-refractivity contribution in [1.29, 1.82) is 0 Å². The van der Waals surface area contributed by atoms with E-state index in [9.17, 15) is 4.79 Å². The van der Waals surface area contributed by atoms with E-state index in [2.05, 4.69) is 47.4 Å². The molecule has 1 aliphatic heterocycles. The predicted molar refractivity (Wildman–Crippen MR) is 99.7 cm³/mol. The van der Waals surface area contributed by atoms with Crippen molar-refractivity contribution in [2.45, 2.75) is 19.9 Å². The summed E-state index contributed by atoms with van der Waals surface area (Å²) in [6.07, 6.45) is 3.65. The van der Waals surface area contributed by atoms with Gasteiger partial charge in [0.1, 0.15) is 6.04 Å². The third-order valence-electron chi connectivity index (χ3n) is 5.10. The average Bonchev–Trinajstić information content (AvgIpc) is 3.04. The van der Waals surface area contributed by atoms with E-state index in [1.165, 1.54) is 16.8 Å². The van der Waals surface area contributed by atoms with Crippen LogP contribution in [0.25, 0.3) is 0 Å². The highest BCUT2D eigenvalue weighted by Gasteiger charge is 2.28. The third kappa shape index (κ3) is 3.54. The number of anilines is 1. The number of amides is 1. The first-order chi connectivity index (χ1) is 12.0. The van der Waals surface area contributed by atoms with Crippen LogP contribution in [0.3, 0.4) is 0 Å². The van der Waals surface area contributed by atoms with Crippen molar-refractivity contribution in [3.8, 4) is 0 Å². The second-order valence-corrected chi connectivity index (χ2v) is 6.70. The SMILES string of the molecule is CNC(C(=O)N1CCN(c2cccc(C)c2C)CC1)c1cnn(C)c1. The summed E-state index contributed by atoms with van der Waals surface area (Å²) in [7, 11) is 3.69. The number of rotatable bonds is 4. The Hall–Kier alpha value is -2.34. The molecule has 1 amide bonds. The lowest BCUT2D eigenvalue weighted by Crippen LogP contribution is -2.51. The zero-order valence-electron chi connectivity index (χ0n) is 15.5. The fourth-order valence-corrected chi connectivity index (χ4v) is 3.45. The third-order valence-corrected chi connectivity index (χ3v) is 5.10. The van der Waals surface area contributed by atoms with E-state index < -0.39 is 0 Å². The molecule has 6 nitrogen and oxygen atoms in total. The molecule has 0 radical (unpaired) electrons. The first kappa shape index (κ1) is 17.5. The smallest absolute Gasteiger partial charge is 0.244 e. The summed E-state index contributed by atoms with van der Waals surface area (Å²) in [6, 6.07) is 6.09. The second kappa shape index (κ2) is 7.27. The van der Waals surface area contributed by atoms with Crippen molar-refractivity contribution in [2.75, 3.05) is 38.1 Å². The van der Waals surface area contributed by atoms with Gasteiger partial charge in [0.15, 0.2) is 0 Å². The molecule has 1 aromatic carbocycles. The molecule has 1 aromatic heterocycles. The summed E-state index contributed by atoms with van der Waals surface area (Å²) >= 11 is 0. The molecule has 0 saturated carbocycles. The molecular formula is C19H27N5O. The largest absolute Gasteiger partial charge is 0.368 e. The zero-order chi connectivity index (χ0) is 18.0. The van der Waals surface area contributed by atoms with Crippen LogP contribution < -0.4 is 10.2 Å². The molecule has 134 valence electrons. The average molecular weight is 341 g/mol. The first-order valence-electron chi connectivity index (χ1n) is 8.77. The summed E-state index contributed by atoms with van der Waals surface area (Å²) in [5.41, 5.74) is 4.82. The molecule has 2 heterocycles. The summed E-state index contributed by atoms with van der Waals surface area (Å²) in [4.78, 5) is 17.2. The molecule has 6 heteroatoms. The Morgan fingerprint density at radius 3 is 2.52 bits per heavy atom. The monoisotopic (exact) mass is 341 g/mol. The normalized spacial score (nSPS) is 16.2. The van der Waals surface area contributed by atoms with Gasteiger partial charge in [-0.05, 0) is 38.1 Å². The van der Waals surface area contributed by atoms with Crippen molar-refractivity contribution in [1.82, 2.24) is 20.0 Å². The van der Waals surface area contributed by atoms with Gasteiger partial charge in [-0.1, -0.05) is 12.1 Å². The minimum atomic E-state index is -0.332. The number of hydrogen-bond donors (Lipinski definition) is 1. The number of nitrogens with zero attached hydrogens (tertiary/aromatic N) is 4. The molecule has 0 aliphatic carbocycles. The van der Waals surface area contributed by atoms with Crippen LogP contribution >= 0.6 is 0 Å². The predicted octanol–water partition coefficient (Wildman–Crippen LogP) is 1.65. The van der Waals surface area contributed by atoms with E-state index in [4.69, 9.17) is 0 Å². The van der Waals surface area contributed by atoms with Gasteiger partial charge in [-0.3, -0.25) is 9.48 Å². The molecule has 3 rings (SSSR count). The second-order valence-electron chi connectivity index (χ2n) is 6.70. The fourth-order valence-electron chi connectivity index (χ4n) is 3.45. The van der Waals surface area contributed by atoms with Gasteiger partial charge >= 0.3 is 0 Å². The van der Waals surface area contributed by atoms with Crippen molar-refractivity contribution in [2.24, 2.45) is 7.05 Å². The maximum Gasteiger partial charge on any atom is 0.244 e. The van der Waals surface area contributed by atoms with E-state index in [1.54, 1.807) is 10.9 Å². The first-order valence-corrected chi connectivity index (χ1v) is 8.77. The van der Waals surface area contributed by atoms with Crippen molar-refractivity contribution in [3.05, 3.63) is 47.3 Å². The van der Waals surface area contributed by atoms with Gasteiger partial charge in [0.05, 0.1) is 6.20 Å². The van der Waals surface area contributed by atoms with Crippen LogP contribution in [0, 0.1) is 13.8 Å². The highest BCUT2D eigenvalue weighted by Crippen LogP contribution is 2.24. The summed E-state index contributed by atoms with van der Waals surface area (Å²) in [6.45, 7) is 7.51. The van der Waals surface area contributed by atoms with Crippen LogP contribution in [0.1, 0.15) is 22.7 Å². The molecule has 0 bridgehead atoms. The molecule has 2 aromatic rings. The number of aryl methyl sites for hydroxylation is 2. The number of likely N-dealkylation sites (N-methyl/N-ethyl adjacent to an activating group) is 1. The van der Waals surface area contributed by atoms with Crippen LogP contribution in [0.4, 0.5) is 5.69 Å². The van der Waals surface area contributed by atoms with Gasteiger partial charge in [-0.25, -0.2) is 0 Å². The summed E-state index contributed by atoms with van der Waals surface area (Å²) in [5.74, 6) is 0.121. The van der Waals surface area contributed by atoms with Crippen LogP contribution in [0.2, 0.25) is 0 Å². The Morgan fingerprint density at radius 1 is 1.20 bits per heavy atom. The number of hydrogen-bond acceptors (Lipinski definition) is 4. The molecular weight excluding hydrogens is 314 g/mol. The maximum absolute atomic E-state index is 12.9. The molecule has 25 heavy (non-hydrogen) atoms. The Bertz CT molecular complexity index is 746. The minimum Gasteiger partial charge on any atom is -0.368 e. The molecule has 1 atom stereocenters. The van der Waals surface area contributed by atoms with Gasteiger partial charge in [-0.15, -0.1) is 0 Å². The van der Waals surface area contributed by atoms with E-state index in [0.717, 1.165) is 31.7 Å². The van der Waals surface area contributed by atoms with Crippen molar-refractivity contribution >= 4 is 11.6 Å². The van der Waals surface area contributed by atoms with Gasteiger partial charge in [0.25, 0.3) is 0 Å². The standard InChI is InChI=1S/C19H27N5O/c1-14-6-5-7-17(15(14)2)23-8-10-24(11-9-23)19(25)18(20-3)16-12-21-22(4)13-16/h5-7,12-13,18,20H,8-11H2,1-4H3. The Labute approximate surface area is 149 Å². The molecule has 1 unspecified atom stereocenters. The lowest BCUT2D eigenvalue weighted by atomic mass is 10.1. The number of carbonyl (C=O) groups is 1. The van der Waals surface area contributed by atoms with Crippen LogP contribution in [-0.2, 0) is 11.8 Å². The lowest BCUT2D eigenvalue weighted by molar-refractivity contribution is -0.133. The highest BCUT2D eigenvalue weighted by atomic mass is 16.2. The van der Waals surface area contributed by atoms with Gasteiger partial charge < -0.3 is 15.1 Å². The zero-order valence-corrected chi connectivity index (χ0v) is 15.5. The summed E-state index contributed by atoms with van der Waals surface area (Å²) < 4.78 is 1.73. The van der Waals surface area contributed by atoms with E-state index in [0.29, 0.717) is 0 Å². The number of aromatic nitrogens is 2. The van der Waals surface area contributed by atoms with Gasteiger partial charge in [0.2, 0.25) is 5.91 Å². The van der Waals surface area contributed by atoms with Crippen LogP contribution in [-0.4, -0.2) is 53.8 Å². The Balaban J connectivity index is 1.67. The van der Waals surface area contributed by atoms with Gasteiger partial charge in [-0.2, -0.15) is 5.10 Å². The maximum atomic E-state index is 12.9. The summed E-state index contributed by atoms with van der Waals surface area (Å²) in [5, 5.41) is 7.31. The van der Waals surface area contributed by atoms with Crippen LogP contribution in [0.15, 0.2) is 30.6 Å².